The quantitative estimate of drug-likeness (QED) is 0.565. The molecule has 1 amide bonds. The van der Waals surface area contributed by atoms with Crippen LogP contribution in [0.4, 0.5) is 4.39 Å². The average molecular weight is 337 g/mol. The third-order valence-electron chi connectivity index (χ3n) is 2.65. The summed E-state index contributed by atoms with van der Waals surface area (Å²) in [4.78, 5) is 13.6. The molecule has 0 bridgehead atoms. The van der Waals surface area contributed by atoms with Crippen molar-refractivity contribution < 1.29 is 9.18 Å². The molecule has 0 aliphatic heterocycles. The fourth-order valence-electron chi connectivity index (χ4n) is 1.61. The second kappa shape index (κ2) is 7.74. The van der Waals surface area contributed by atoms with Gasteiger partial charge < -0.3 is 4.90 Å². The van der Waals surface area contributed by atoms with Crippen LogP contribution in [0.3, 0.4) is 0 Å². The summed E-state index contributed by atoms with van der Waals surface area (Å²) >= 11 is 9.21. The lowest BCUT2D eigenvalue weighted by Crippen LogP contribution is -2.28. The second-order valence-corrected chi connectivity index (χ2v) is 5.27. The number of halogens is 3. The molecule has 100 valence electrons. The predicted octanol–water partition coefficient (Wildman–Crippen LogP) is 4.12. The van der Waals surface area contributed by atoms with Gasteiger partial charge in [0.25, 0.3) is 5.91 Å². The van der Waals surface area contributed by atoms with Crippen molar-refractivity contribution in [1.29, 1.82) is 0 Å². The molecule has 5 heteroatoms. The van der Waals surface area contributed by atoms with Crippen molar-refractivity contribution in [3.63, 3.8) is 0 Å². The van der Waals surface area contributed by atoms with E-state index in [1.807, 2.05) is 0 Å². The number of carbonyl (C=O) groups is 1. The summed E-state index contributed by atoms with van der Waals surface area (Å²) in [5.41, 5.74) is -0.0397. The molecule has 0 saturated heterocycles. The van der Waals surface area contributed by atoms with Gasteiger partial charge in [0.2, 0.25) is 0 Å². The summed E-state index contributed by atoms with van der Waals surface area (Å²) in [7, 11) is 1.67. The van der Waals surface area contributed by atoms with Crippen LogP contribution < -0.4 is 0 Å². The van der Waals surface area contributed by atoms with Crippen LogP contribution in [-0.4, -0.2) is 29.7 Å². The summed E-state index contributed by atoms with van der Waals surface area (Å²) in [6.45, 7) is 0.608. The van der Waals surface area contributed by atoms with Gasteiger partial charge in [-0.1, -0.05) is 40.0 Å². The Morgan fingerprint density at radius 2 is 2.11 bits per heavy atom. The first-order valence-electron chi connectivity index (χ1n) is 5.83. The van der Waals surface area contributed by atoms with E-state index in [1.165, 1.54) is 23.1 Å². The van der Waals surface area contributed by atoms with Gasteiger partial charge in [0.1, 0.15) is 5.82 Å². The smallest absolute Gasteiger partial charge is 0.258 e. The van der Waals surface area contributed by atoms with Crippen LogP contribution in [0.25, 0.3) is 0 Å². The topological polar surface area (TPSA) is 20.3 Å². The van der Waals surface area contributed by atoms with Crippen LogP contribution in [-0.2, 0) is 0 Å². The first-order valence-corrected chi connectivity index (χ1v) is 7.33. The molecular formula is C13H16BrClFNO. The molecule has 2 nitrogen and oxygen atoms in total. The van der Waals surface area contributed by atoms with Crippen molar-refractivity contribution >= 4 is 33.4 Å². The number of amides is 1. The van der Waals surface area contributed by atoms with Gasteiger partial charge in [-0.15, -0.1) is 0 Å². The number of benzene rings is 1. The summed E-state index contributed by atoms with van der Waals surface area (Å²) in [5, 5.41) is 1.12. The molecule has 0 aliphatic rings. The highest BCUT2D eigenvalue weighted by Gasteiger charge is 2.18. The molecule has 0 aromatic heterocycles. The van der Waals surface area contributed by atoms with Gasteiger partial charge >= 0.3 is 0 Å². The monoisotopic (exact) mass is 335 g/mol. The van der Waals surface area contributed by atoms with Crippen LogP contribution in [0.5, 0.6) is 0 Å². The Bertz CT molecular complexity index is 394. The number of rotatable bonds is 6. The molecule has 18 heavy (non-hydrogen) atoms. The Hall–Kier alpha value is -0.610. The molecule has 0 spiro atoms. The van der Waals surface area contributed by atoms with Crippen LogP contribution in [0.1, 0.15) is 29.6 Å². The molecule has 0 aliphatic carbocycles. The lowest BCUT2D eigenvalue weighted by molar-refractivity contribution is 0.0788. The zero-order chi connectivity index (χ0) is 13.5. The number of nitrogens with zero attached hydrogens (tertiary/aromatic N) is 1. The maximum absolute atomic E-state index is 13.6. The first-order chi connectivity index (χ1) is 8.57. The van der Waals surface area contributed by atoms with E-state index in [9.17, 15) is 9.18 Å². The van der Waals surface area contributed by atoms with Crippen molar-refractivity contribution in [1.82, 2.24) is 4.90 Å². The molecule has 1 aromatic rings. The minimum atomic E-state index is -0.570. The van der Waals surface area contributed by atoms with Gasteiger partial charge in [-0.3, -0.25) is 4.79 Å². The largest absolute Gasteiger partial charge is 0.342 e. The predicted molar refractivity (Wildman–Crippen MR) is 76.0 cm³/mol. The molecule has 0 radical (unpaired) electrons. The fraction of sp³-hybridized carbons (Fsp3) is 0.462. The maximum atomic E-state index is 13.6. The number of alkyl halides is 1. The molecule has 0 heterocycles. The molecule has 0 saturated carbocycles. The van der Waals surface area contributed by atoms with E-state index in [0.29, 0.717) is 6.54 Å². The van der Waals surface area contributed by atoms with E-state index < -0.39 is 5.82 Å². The summed E-state index contributed by atoms with van der Waals surface area (Å²) in [5.74, 6) is -0.934. The van der Waals surface area contributed by atoms with Crippen LogP contribution in [0.2, 0.25) is 5.02 Å². The SMILES string of the molecule is CN(CCCCCBr)C(=O)c1c(F)cccc1Cl. The van der Waals surface area contributed by atoms with Gasteiger partial charge in [-0.05, 0) is 25.0 Å². The van der Waals surface area contributed by atoms with Gasteiger partial charge in [0, 0.05) is 18.9 Å². The van der Waals surface area contributed by atoms with E-state index >= 15 is 0 Å². The van der Waals surface area contributed by atoms with Gasteiger partial charge in [0.15, 0.2) is 0 Å². The Balaban J connectivity index is 2.63. The highest BCUT2D eigenvalue weighted by Crippen LogP contribution is 2.20. The third kappa shape index (κ3) is 4.25. The summed E-state index contributed by atoms with van der Waals surface area (Å²) < 4.78 is 13.6. The molecule has 0 atom stereocenters. The van der Waals surface area contributed by atoms with Crippen LogP contribution in [0.15, 0.2) is 18.2 Å². The van der Waals surface area contributed by atoms with E-state index in [1.54, 1.807) is 7.05 Å². The number of hydrogen-bond donors (Lipinski definition) is 0. The third-order valence-corrected chi connectivity index (χ3v) is 3.53. The van der Waals surface area contributed by atoms with E-state index in [4.69, 9.17) is 11.6 Å². The zero-order valence-electron chi connectivity index (χ0n) is 10.3. The summed E-state index contributed by atoms with van der Waals surface area (Å²) in [6.07, 6.45) is 3.01. The Morgan fingerprint density at radius 3 is 2.72 bits per heavy atom. The van der Waals surface area contributed by atoms with Crippen molar-refractivity contribution in [2.45, 2.75) is 19.3 Å². The normalized spacial score (nSPS) is 10.4. The number of carbonyl (C=O) groups excluding carboxylic acids is 1. The van der Waals surface area contributed by atoms with Crippen LogP contribution >= 0.6 is 27.5 Å². The maximum Gasteiger partial charge on any atom is 0.258 e. The Kier molecular flexibility index (Phi) is 6.65. The van der Waals surface area contributed by atoms with Gasteiger partial charge in [0.05, 0.1) is 10.6 Å². The van der Waals surface area contributed by atoms with E-state index in [2.05, 4.69) is 15.9 Å². The average Bonchev–Trinajstić information content (AvgIpc) is 2.34. The lowest BCUT2D eigenvalue weighted by atomic mass is 10.1. The molecule has 0 fully saturated rings. The van der Waals surface area contributed by atoms with Crippen molar-refractivity contribution in [3.8, 4) is 0 Å². The molecule has 1 aromatic carbocycles. The highest BCUT2D eigenvalue weighted by atomic mass is 79.9. The van der Waals surface area contributed by atoms with E-state index in [0.717, 1.165) is 24.6 Å². The van der Waals surface area contributed by atoms with Crippen molar-refractivity contribution in [3.05, 3.63) is 34.6 Å². The number of hydrogen-bond acceptors (Lipinski definition) is 1. The number of unbranched alkanes of at least 4 members (excludes halogenated alkanes) is 2. The molecular weight excluding hydrogens is 321 g/mol. The first kappa shape index (κ1) is 15.4. The van der Waals surface area contributed by atoms with Crippen LogP contribution in [0, 0.1) is 5.82 Å². The zero-order valence-corrected chi connectivity index (χ0v) is 12.6. The van der Waals surface area contributed by atoms with Crippen molar-refractivity contribution in [2.24, 2.45) is 0 Å². The van der Waals surface area contributed by atoms with Gasteiger partial charge in [-0.25, -0.2) is 4.39 Å². The summed E-state index contributed by atoms with van der Waals surface area (Å²) in [6, 6.07) is 4.26. The minimum absolute atomic E-state index is 0.0397. The second-order valence-electron chi connectivity index (χ2n) is 4.07. The van der Waals surface area contributed by atoms with E-state index in [-0.39, 0.29) is 16.5 Å². The molecule has 0 N–H and O–H groups in total. The Labute approximate surface area is 120 Å². The lowest BCUT2D eigenvalue weighted by Gasteiger charge is -2.18. The Morgan fingerprint density at radius 1 is 1.39 bits per heavy atom. The van der Waals surface area contributed by atoms with Crippen molar-refractivity contribution in [2.75, 3.05) is 18.9 Å². The molecule has 1 rings (SSSR count). The van der Waals surface area contributed by atoms with Gasteiger partial charge in [-0.2, -0.15) is 0 Å². The standard InChI is InChI=1S/C13H16BrClFNO/c1-17(9-4-2-3-8-14)13(18)12-10(15)6-5-7-11(12)16/h5-7H,2-4,8-9H2,1H3. The minimum Gasteiger partial charge on any atom is -0.342 e. The highest BCUT2D eigenvalue weighted by molar-refractivity contribution is 9.09. The fourth-order valence-corrected chi connectivity index (χ4v) is 2.26. The molecule has 0 unspecified atom stereocenters.